The van der Waals surface area contributed by atoms with Crippen molar-refractivity contribution in [1.29, 1.82) is 0 Å². The second-order valence-corrected chi connectivity index (χ2v) is 12.5. The number of piperidine rings is 1. The van der Waals surface area contributed by atoms with Crippen LogP contribution in [0.1, 0.15) is 24.0 Å². The van der Waals surface area contributed by atoms with Gasteiger partial charge in [-0.15, -0.1) is 0 Å². The van der Waals surface area contributed by atoms with Crippen molar-refractivity contribution >= 4 is 21.7 Å². The summed E-state index contributed by atoms with van der Waals surface area (Å²) < 4.78 is 39.4. The van der Waals surface area contributed by atoms with E-state index in [1.54, 1.807) is 9.21 Å². The minimum Gasteiger partial charge on any atom is -0.487 e. The van der Waals surface area contributed by atoms with Crippen molar-refractivity contribution < 1.29 is 22.7 Å². The Bertz CT molecular complexity index is 1430. The molecule has 3 aliphatic heterocycles. The predicted molar refractivity (Wildman–Crippen MR) is 150 cm³/mol. The Labute approximate surface area is 229 Å². The van der Waals surface area contributed by atoms with Crippen molar-refractivity contribution in [2.45, 2.75) is 30.6 Å². The Morgan fingerprint density at radius 2 is 1.56 bits per heavy atom. The molecule has 2 amide bonds. The molecule has 0 bridgehead atoms. The third-order valence-electron chi connectivity index (χ3n) is 7.89. The SMILES string of the molecule is O=C(Nc1ccc(-c2ccc3c(c2)CC2(CCN(S(=O)(=O)Cc4ccccc4)CC2)O3)cc1)N1CCOCC1. The zero-order valence-electron chi connectivity index (χ0n) is 21.8. The highest BCUT2D eigenvalue weighted by Crippen LogP contribution is 2.43. The van der Waals surface area contributed by atoms with E-state index in [9.17, 15) is 13.2 Å². The molecular weight excluding hydrogens is 514 g/mol. The van der Waals surface area contributed by atoms with Gasteiger partial charge in [0.05, 0.1) is 19.0 Å². The molecular formula is C30H33N3O5S. The van der Waals surface area contributed by atoms with Gasteiger partial charge in [0.15, 0.2) is 0 Å². The fourth-order valence-corrected chi connectivity index (χ4v) is 7.19. The zero-order valence-corrected chi connectivity index (χ0v) is 22.7. The molecule has 0 aliphatic carbocycles. The van der Waals surface area contributed by atoms with Crippen LogP contribution < -0.4 is 10.1 Å². The number of urea groups is 1. The minimum atomic E-state index is -3.37. The molecule has 3 aromatic carbocycles. The van der Waals surface area contributed by atoms with E-state index in [-0.39, 0.29) is 17.4 Å². The maximum atomic E-state index is 13.0. The van der Waals surface area contributed by atoms with Crippen molar-refractivity contribution in [2.24, 2.45) is 0 Å². The van der Waals surface area contributed by atoms with E-state index in [4.69, 9.17) is 9.47 Å². The van der Waals surface area contributed by atoms with Crippen LogP contribution in [0.4, 0.5) is 10.5 Å². The van der Waals surface area contributed by atoms with E-state index in [1.165, 1.54) is 0 Å². The van der Waals surface area contributed by atoms with Gasteiger partial charge in [0.2, 0.25) is 10.0 Å². The van der Waals surface area contributed by atoms with Gasteiger partial charge in [-0.2, -0.15) is 0 Å². The molecule has 39 heavy (non-hydrogen) atoms. The molecule has 1 N–H and O–H groups in total. The van der Waals surface area contributed by atoms with E-state index in [0.717, 1.165) is 40.1 Å². The van der Waals surface area contributed by atoms with Crippen LogP contribution in [0.2, 0.25) is 0 Å². The lowest BCUT2D eigenvalue weighted by Crippen LogP contribution is -2.49. The van der Waals surface area contributed by atoms with Gasteiger partial charge in [0.25, 0.3) is 0 Å². The molecule has 9 heteroatoms. The average molecular weight is 548 g/mol. The first-order valence-corrected chi connectivity index (χ1v) is 15.1. The molecule has 3 aromatic rings. The number of ether oxygens (including phenoxy) is 2. The molecule has 2 fully saturated rings. The molecule has 0 atom stereocenters. The lowest BCUT2D eigenvalue weighted by atomic mass is 9.87. The van der Waals surface area contributed by atoms with Gasteiger partial charge in [-0.25, -0.2) is 17.5 Å². The van der Waals surface area contributed by atoms with Crippen molar-refractivity contribution in [1.82, 2.24) is 9.21 Å². The smallest absolute Gasteiger partial charge is 0.321 e. The van der Waals surface area contributed by atoms with E-state index in [0.29, 0.717) is 52.2 Å². The summed E-state index contributed by atoms with van der Waals surface area (Å²) in [6.07, 6.45) is 2.11. The van der Waals surface area contributed by atoms with E-state index < -0.39 is 10.0 Å². The minimum absolute atomic E-state index is 0.0287. The van der Waals surface area contributed by atoms with Crippen LogP contribution in [0.3, 0.4) is 0 Å². The van der Waals surface area contributed by atoms with E-state index in [2.05, 4.69) is 17.4 Å². The van der Waals surface area contributed by atoms with Gasteiger partial charge in [-0.3, -0.25) is 0 Å². The highest BCUT2D eigenvalue weighted by Gasteiger charge is 2.44. The topological polar surface area (TPSA) is 88.2 Å². The molecule has 6 rings (SSSR count). The lowest BCUT2D eigenvalue weighted by Gasteiger charge is -2.38. The molecule has 3 aliphatic rings. The number of carbonyl (C=O) groups is 1. The van der Waals surface area contributed by atoms with Crippen LogP contribution in [0.5, 0.6) is 5.75 Å². The number of benzene rings is 3. The summed E-state index contributed by atoms with van der Waals surface area (Å²) in [5.74, 6) is 0.912. The summed E-state index contributed by atoms with van der Waals surface area (Å²) >= 11 is 0. The largest absolute Gasteiger partial charge is 0.487 e. The second kappa shape index (κ2) is 10.6. The fraction of sp³-hybridized carbons (Fsp3) is 0.367. The molecule has 0 aromatic heterocycles. The number of nitrogens with zero attached hydrogens (tertiary/aromatic N) is 2. The van der Waals surface area contributed by atoms with Crippen LogP contribution in [-0.2, 0) is 26.9 Å². The van der Waals surface area contributed by atoms with Gasteiger partial charge in [-0.05, 0) is 46.5 Å². The van der Waals surface area contributed by atoms with Gasteiger partial charge in [-0.1, -0.05) is 48.5 Å². The van der Waals surface area contributed by atoms with Crippen LogP contribution >= 0.6 is 0 Å². The van der Waals surface area contributed by atoms with Gasteiger partial charge in [0.1, 0.15) is 11.4 Å². The van der Waals surface area contributed by atoms with E-state index >= 15 is 0 Å². The number of hydrogen-bond donors (Lipinski definition) is 1. The number of carbonyl (C=O) groups excluding carboxylic acids is 1. The third-order valence-corrected chi connectivity index (χ3v) is 9.74. The number of sulfonamides is 1. The molecule has 0 unspecified atom stereocenters. The quantitative estimate of drug-likeness (QED) is 0.508. The molecule has 8 nitrogen and oxygen atoms in total. The Hall–Kier alpha value is -3.40. The highest BCUT2D eigenvalue weighted by atomic mass is 32.2. The molecule has 0 saturated carbocycles. The molecule has 2 saturated heterocycles. The number of anilines is 1. The molecule has 1 spiro atoms. The zero-order chi connectivity index (χ0) is 26.9. The summed E-state index contributed by atoms with van der Waals surface area (Å²) in [5, 5.41) is 2.96. The maximum Gasteiger partial charge on any atom is 0.321 e. The van der Waals surface area contributed by atoms with Crippen LogP contribution in [-0.4, -0.2) is 68.6 Å². The average Bonchev–Trinajstić information content (AvgIpc) is 3.31. The molecule has 204 valence electrons. The number of nitrogens with one attached hydrogen (secondary N) is 1. The predicted octanol–water partition coefficient (Wildman–Crippen LogP) is 4.52. The number of amides is 2. The monoisotopic (exact) mass is 547 g/mol. The lowest BCUT2D eigenvalue weighted by molar-refractivity contribution is 0.0407. The number of rotatable bonds is 5. The summed E-state index contributed by atoms with van der Waals surface area (Å²) in [7, 11) is -3.37. The summed E-state index contributed by atoms with van der Waals surface area (Å²) in [6.45, 7) is 3.28. The van der Waals surface area contributed by atoms with Crippen molar-refractivity contribution in [3.8, 4) is 16.9 Å². The molecule has 0 radical (unpaired) electrons. The van der Waals surface area contributed by atoms with Crippen LogP contribution in [0, 0.1) is 0 Å². The summed E-state index contributed by atoms with van der Waals surface area (Å²) in [6, 6.07) is 23.3. The fourth-order valence-electron chi connectivity index (χ4n) is 5.66. The standard InChI is InChI=1S/C30H33N3O5S/c34-29(32-16-18-37-19-17-32)31-27-9-6-24(7-10-27)25-8-11-28-26(20-25)21-30(38-28)12-14-33(15-13-30)39(35,36)22-23-4-2-1-3-5-23/h1-11,20H,12-19,21-22H2,(H,31,34). The first-order chi connectivity index (χ1) is 18.9. The van der Waals surface area contributed by atoms with Crippen LogP contribution in [0.15, 0.2) is 72.8 Å². The van der Waals surface area contributed by atoms with E-state index in [1.807, 2.05) is 60.7 Å². The summed E-state index contributed by atoms with van der Waals surface area (Å²) in [4.78, 5) is 14.2. The number of morpholine rings is 1. The van der Waals surface area contributed by atoms with Crippen molar-refractivity contribution in [2.75, 3.05) is 44.7 Å². The molecule has 3 heterocycles. The Morgan fingerprint density at radius 1 is 0.872 bits per heavy atom. The number of hydrogen-bond acceptors (Lipinski definition) is 5. The Kier molecular flexibility index (Phi) is 7.05. The van der Waals surface area contributed by atoms with Crippen molar-refractivity contribution in [3.63, 3.8) is 0 Å². The van der Waals surface area contributed by atoms with Gasteiger partial charge < -0.3 is 19.7 Å². The summed E-state index contributed by atoms with van der Waals surface area (Å²) in [5.41, 5.74) is 4.51. The first-order valence-electron chi connectivity index (χ1n) is 13.5. The maximum absolute atomic E-state index is 13.0. The van der Waals surface area contributed by atoms with Gasteiger partial charge >= 0.3 is 6.03 Å². The number of fused-ring (bicyclic) bond motifs is 1. The van der Waals surface area contributed by atoms with Crippen molar-refractivity contribution in [3.05, 3.63) is 83.9 Å². The van der Waals surface area contributed by atoms with Gasteiger partial charge in [0, 0.05) is 51.1 Å². The first kappa shape index (κ1) is 25.9. The Morgan fingerprint density at radius 3 is 2.28 bits per heavy atom. The second-order valence-electron chi connectivity index (χ2n) is 10.5. The highest BCUT2D eigenvalue weighted by molar-refractivity contribution is 7.88. The normalized spacial score (nSPS) is 18.9. The Balaban J connectivity index is 1.08. The third kappa shape index (κ3) is 5.66. The van der Waals surface area contributed by atoms with Crippen LogP contribution in [0.25, 0.3) is 11.1 Å².